The lowest BCUT2D eigenvalue weighted by atomic mass is 10.1. The lowest BCUT2D eigenvalue weighted by Gasteiger charge is -2.21. The van der Waals surface area contributed by atoms with Crippen molar-refractivity contribution >= 4 is 11.8 Å². The van der Waals surface area contributed by atoms with Gasteiger partial charge >= 0.3 is 12.2 Å². The Bertz CT molecular complexity index is 562. The molecule has 0 radical (unpaired) electrons. The van der Waals surface area contributed by atoms with Crippen LogP contribution in [0.15, 0.2) is 12.3 Å². The number of aliphatic hydroxyl groups excluding tert-OH is 1. The average molecular weight is 303 g/mol. The number of pyridine rings is 1. The number of nitrogens with zero attached hydrogens (tertiary/aromatic N) is 3. The number of anilines is 1. The molecule has 1 saturated heterocycles. The SMILES string of the molecule is CCc1cnc(N2C(=O)N(C)C(C)C2O)cc1C(F)(F)F. The summed E-state index contributed by atoms with van der Waals surface area (Å²) >= 11 is 0. The zero-order chi connectivity index (χ0) is 15.9. The first-order valence-electron chi connectivity index (χ1n) is 6.48. The Balaban J connectivity index is 2.49. The smallest absolute Gasteiger partial charge is 0.371 e. The number of carbonyl (C=O) groups excluding carboxylic acids is 1. The number of likely N-dealkylation sites (N-methyl/N-ethyl adjacent to an activating group) is 1. The monoisotopic (exact) mass is 303 g/mol. The van der Waals surface area contributed by atoms with Gasteiger partial charge in [0.2, 0.25) is 0 Å². The molecule has 21 heavy (non-hydrogen) atoms. The quantitative estimate of drug-likeness (QED) is 0.911. The fourth-order valence-corrected chi connectivity index (χ4v) is 2.26. The predicted octanol–water partition coefficient (Wildman–Crippen LogP) is 2.24. The molecule has 116 valence electrons. The lowest BCUT2D eigenvalue weighted by Crippen LogP contribution is -2.36. The van der Waals surface area contributed by atoms with Gasteiger partial charge in [0.1, 0.15) is 5.82 Å². The molecule has 2 amide bonds. The summed E-state index contributed by atoms with van der Waals surface area (Å²) < 4.78 is 39.1. The molecule has 1 N–H and O–H groups in total. The first kappa shape index (κ1) is 15.6. The zero-order valence-corrected chi connectivity index (χ0v) is 11.8. The van der Waals surface area contributed by atoms with Gasteiger partial charge < -0.3 is 10.0 Å². The highest BCUT2D eigenvalue weighted by molar-refractivity contribution is 5.94. The zero-order valence-electron chi connectivity index (χ0n) is 11.8. The fraction of sp³-hybridized carbons (Fsp3) is 0.538. The van der Waals surface area contributed by atoms with Gasteiger partial charge in [0.25, 0.3) is 0 Å². The maximum Gasteiger partial charge on any atom is 0.416 e. The predicted molar refractivity (Wildman–Crippen MR) is 69.7 cm³/mol. The van der Waals surface area contributed by atoms with E-state index in [1.54, 1.807) is 13.8 Å². The number of aliphatic hydroxyl groups is 1. The van der Waals surface area contributed by atoms with Gasteiger partial charge in [0, 0.05) is 13.2 Å². The Hall–Kier alpha value is -1.83. The summed E-state index contributed by atoms with van der Waals surface area (Å²) in [5.41, 5.74) is -0.786. The molecule has 2 rings (SSSR count). The van der Waals surface area contributed by atoms with Crippen LogP contribution in [0.4, 0.5) is 23.8 Å². The molecule has 1 aromatic rings. The van der Waals surface area contributed by atoms with Crippen molar-refractivity contribution in [3.8, 4) is 0 Å². The van der Waals surface area contributed by atoms with Crippen LogP contribution in [0.3, 0.4) is 0 Å². The van der Waals surface area contributed by atoms with Gasteiger partial charge in [-0.1, -0.05) is 6.92 Å². The first-order valence-corrected chi connectivity index (χ1v) is 6.48. The lowest BCUT2D eigenvalue weighted by molar-refractivity contribution is -0.138. The van der Waals surface area contributed by atoms with E-state index in [4.69, 9.17) is 0 Å². The second kappa shape index (κ2) is 5.18. The number of aryl methyl sites for hydroxylation is 1. The standard InChI is InChI=1S/C13H16F3N3O2/c1-4-8-6-17-10(5-9(8)13(14,15)16)19-11(20)7(2)18(3)12(19)21/h5-7,11,20H,4H2,1-3H3. The second-order valence-electron chi connectivity index (χ2n) is 4.97. The minimum Gasteiger partial charge on any atom is -0.371 e. The molecule has 2 unspecified atom stereocenters. The molecule has 1 aromatic heterocycles. The van der Waals surface area contributed by atoms with Crippen molar-refractivity contribution in [1.29, 1.82) is 0 Å². The summed E-state index contributed by atoms with van der Waals surface area (Å²) in [6, 6.07) is -0.300. The van der Waals surface area contributed by atoms with Gasteiger partial charge in [0.15, 0.2) is 6.23 Å². The molecule has 1 fully saturated rings. The van der Waals surface area contributed by atoms with Gasteiger partial charge in [-0.05, 0) is 25.0 Å². The summed E-state index contributed by atoms with van der Waals surface area (Å²) in [5, 5.41) is 10.0. The number of alkyl halides is 3. The molecule has 2 heterocycles. The van der Waals surface area contributed by atoms with Crippen LogP contribution < -0.4 is 4.90 Å². The Morgan fingerprint density at radius 3 is 2.48 bits per heavy atom. The Morgan fingerprint density at radius 2 is 2.05 bits per heavy atom. The molecule has 0 aromatic carbocycles. The maximum absolute atomic E-state index is 13.0. The molecule has 1 aliphatic heterocycles. The number of carbonyl (C=O) groups is 1. The van der Waals surface area contributed by atoms with Crippen LogP contribution in [0.2, 0.25) is 0 Å². The summed E-state index contributed by atoms with van der Waals surface area (Å²) in [6.45, 7) is 3.20. The van der Waals surface area contributed by atoms with Crippen LogP contribution in [0.25, 0.3) is 0 Å². The van der Waals surface area contributed by atoms with Crippen molar-refractivity contribution in [2.24, 2.45) is 0 Å². The van der Waals surface area contributed by atoms with Crippen LogP contribution in [-0.4, -0.2) is 40.3 Å². The van der Waals surface area contributed by atoms with E-state index in [1.165, 1.54) is 11.9 Å². The normalized spacial score (nSPS) is 23.1. The number of urea groups is 1. The Morgan fingerprint density at radius 1 is 1.43 bits per heavy atom. The molecular weight excluding hydrogens is 287 g/mol. The minimum atomic E-state index is -4.53. The third-order valence-corrected chi connectivity index (χ3v) is 3.72. The van der Waals surface area contributed by atoms with E-state index >= 15 is 0 Å². The van der Waals surface area contributed by atoms with Gasteiger partial charge in [-0.25, -0.2) is 14.7 Å². The van der Waals surface area contributed by atoms with Crippen LogP contribution in [0.1, 0.15) is 25.0 Å². The van der Waals surface area contributed by atoms with E-state index in [0.717, 1.165) is 17.2 Å². The second-order valence-corrected chi connectivity index (χ2v) is 4.97. The van der Waals surface area contributed by atoms with E-state index in [1.807, 2.05) is 0 Å². The number of amides is 2. The minimum absolute atomic E-state index is 0.0498. The molecule has 0 bridgehead atoms. The molecule has 0 aliphatic carbocycles. The van der Waals surface area contributed by atoms with Crippen LogP contribution in [0, 0.1) is 0 Å². The first-order chi connectivity index (χ1) is 9.68. The average Bonchev–Trinajstić information content (AvgIpc) is 2.61. The summed E-state index contributed by atoms with van der Waals surface area (Å²) in [6.07, 6.45) is -4.49. The molecule has 0 saturated carbocycles. The van der Waals surface area contributed by atoms with Crippen molar-refractivity contribution in [3.05, 3.63) is 23.4 Å². The van der Waals surface area contributed by atoms with Crippen LogP contribution in [-0.2, 0) is 12.6 Å². The van der Waals surface area contributed by atoms with Crippen LogP contribution >= 0.6 is 0 Å². The topological polar surface area (TPSA) is 56.7 Å². The Labute approximate surface area is 120 Å². The number of hydrogen-bond donors (Lipinski definition) is 1. The largest absolute Gasteiger partial charge is 0.416 e. The van der Waals surface area contributed by atoms with Crippen molar-refractivity contribution < 1.29 is 23.1 Å². The van der Waals surface area contributed by atoms with E-state index in [0.29, 0.717) is 0 Å². The number of rotatable bonds is 2. The molecular formula is C13H16F3N3O2. The highest BCUT2D eigenvalue weighted by Gasteiger charge is 2.43. The summed E-state index contributed by atoms with van der Waals surface area (Å²) in [7, 11) is 1.47. The third-order valence-electron chi connectivity index (χ3n) is 3.72. The molecule has 5 nitrogen and oxygen atoms in total. The van der Waals surface area contributed by atoms with Crippen molar-refractivity contribution in [1.82, 2.24) is 9.88 Å². The van der Waals surface area contributed by atoms with Crippen molar-refractivity contribution in [2.75, 3.05) is 11.9 Å². The van der Waals surface area contributed by atoms with Crippen molar-refractivity contribution in [3.63, 3.8) is 0 Å². The number of halogens is 3. The highest BCUT2D eigenvalue weighted by atomic mass is 19.4. The molecule has 8 heteroatoms. The van der Waals surface area contributed by atoms with Gasteiger partial charge in [-0.3, -0.25) is 0 Å². The van der Waals surface area contributed by atoms with E-state index in [-0.39, 0.29) is 17.8 Å². The van der Waals surface area contributed by atoms with Gasteiger partial charge in [-0.2, -0.15) is 13.2 Å². The van der Waals surface area contributed by atoms with Crippen molar-refractivity contribution in [2.45, 2.75) is 38.7 Å². The van der Waals surface area contributed by atoms with Gasteiger partial charge in [0.05, 0.1) is 11.6 Å². The van der Waals surface area contributed by atoms with Crippen LogP contribution in [0.5, 0.6) is 0 Å². The summed E-state index contributed by atoms with van der Waals surface area (Å²) in [5.74, 6) is -0.201. The number of hydrogen-bond acceptors (Lipinski definition) is 3. The molecule has 1 aliphatic rings. The van der Waals surface area contributed by atoms with Gasteiger partial charge in [-0.15, -0.1) is 0 Å². The Kier molecular flexibility index (Phi) is 3.83. The summed E-state index contributed by atoms with van der Waals surface area (Å²) in [4.78, 5) is 18.0. The van der Waals surface area contributed by atoms with E-state index < -0.39 is 30.0 Å². The molecule has 2 atom stereocenters. The highest BCUT2D eigenvalue weighted by Crippen LogP contribution is 2.35. The third kappa shape index (κ3) is 2.55. The molecule has 0 spiro atoms. The number of aromatic nitrogens is 1. The fourth-order valence-electron chi connectivity index (χ4n) is 2.26. The van der Waals surface area contributed by atoms with E-state index in [2.05, 4.69) is 4.98 Å². The maximum atomic E-state index is 13.0. The van der Waals surface area contributed by atoms with E-state index in [9.17, 15) is 23.1 Å².